The van der Waals surface area contributed by atoms with Gasteiger partial charge in [-0.2, -0.15) is 5.10 Å². The van der Waals surface area contributed by atoms with Crippen LogP contribution in [-0.4, -0.2) is 16.8 Å². The minimum atomic E-state index is -0.244. The van der Waals surface area contributed by atoms with Crippen molar-refractivity contribution in [2.24, 2.45) is 0 Å². The fourth-order valence-corrected chi connectivity index (χ4v) is 2.49. The van der Waals surface area contributed by atoms with Gasteiger partial charge in [0.2, 0.25) is 0 Å². The first kappa shape index (κ1) is 14.2. The van der Waals surface area contributed by atoms with Crippen molar-refractivity contribution in [3.63, 3.8) is 0 Å². The second-order valence-corrected chi connectivity index (χ2v) is 5.23. The van der Waals surface area contributed by atoms with Crippen LogP contribution in [0, 0.1) is 5.82 Å². The van der Waals surface area contributed by atoms with Crippen LogP contribution in [-0.2, 0) is 6.54 Å². The lowest BCUT2D eigenvalue weighted by atomic mass is 10.1. The highest BCUT2D eigenvalue weighted by atomic mass is 79.9. The van der Waals surface area contributed by atoms with Gasteiger partial charge < -0.3 is 5.32 Å². The third-order valence-electron chi connectivity index (χ3n) is 3.18. The van der Waals surface area contributed by atoms with Crippen molar-refractivity contribution < 1.29 is 4.39 Å². The van der Waals surface area contributed by atoms with E-state index in [4.69, 9.17) is 0 Å². The molecule has 0 fully saturated rings. The lowest BCUT2D eigenvalue weighted by molar-refractivity contribution is 0.575. The summed E-state index contributed by atoms with van der Waals surface area (Å²) >= 11 is 3.27. The number of nitrogens with one attached hydrogen (secondary N) is 1. The van der Waals surface area contributed by atoms with E-state index in [-0.39, 0.29) is 5.82 Å². The molecule has 0 aliphatic heterocycles. The van der Waals surface area contributed by atoms with Crippen molar-refractivity contribution in [1.82, 2.24) is 15.1 Å². The number of hydrogen-bond acceptors (Lipinski definition) is 2. The van der Waals surface area contributed by atoms with Crippen LogP contribution in [0.3, 0.4) is 0 Å². The first-order valence-electron chi connectivity index (χ1n) is 6.28. The topological polar surface area (TPSA) is 29.9 Å². The molecule has 1 unspecified atom stereocenters. The molecule has 2 aromatic rings. The molecule has 3 nitrogen and oxygen atoms in total. The molecule has 0 aliphatic rings. The molecule has 1 heterocycles. The summed E-state index contributed by atoms with van der Waals surface area (Å²) in [6.45, 7) is 2.68. The summed E-state index contributed by atoms with van der Waals surface area (Å²) < 4.78 is 15.8. The smallest absolute Gasteiger partial charge is 0.137 e. The highest BCUT2D eigenvalue weighted by Crippen LogP contribution is 2.22. The highest BCUT2D eigenvalue weighted by molar-refractivity contribution is 9.10. The number of rotatable bonds is 5. The number of nitrogens with zero attached hydrogens (tertiary/aromatic N) is 2. The van der Waals surface area contributed by atoms with Crippen LogP contribution in [0.5, 0.6) is 0 Å². The zero-order valence-corrected chi connectivity index (χ0v) is 12.6. The van der Waals surface area contributed by atoms with Gasteiger partial charge in [-0.15, -0.1) is 0 Å². The molecule has 0 amide bonds. The maximum absolute atomic E-state index is 13.4. The van der Waals surface area contributed by atoms with Crippen LogP contribution >= 0.6 is 15.9 Å². The maximum Gasteiger partial charge on any atom is 0.137 e. The predicted molar refractivity (Wildman–Crippen MR) is 77.5 cm³/mol. The van der Waals surface area contributed by atoms with Crippen molar-refractivity contribution in [3.8, 4) is 0 Å². The summed E-state index contributed by atoms with van der Waals surface area (Å²) in [5.41, 5.74) is 2.03. The number of aromatic nitrogens is 2. The Labute approximate surface area is 121 Å². The number of hydrogen-bond donors (Lipinski definition) is 1. The zero-order chi connectivity index (χ0) is 13.8. The van der Waals surface area contributed by atoms with E-state index in [2.05, 4.69) is 33.3 Å². The fourth-order valence-electron chi connectivity index (χ4n) is 2.10. The molecule has 0 aliphatic carbocycles. The van der Waals surface area contributed by atoms with Gasteiger partial charge >= 0.3 is 0 Å². The van der Waals surface area contributed by atoms with Crippen molar-refractivity contribution >= 4 is 15.9 Å². The average Bonchev–Trinajstić information content (AvgIpc) is 2.85. The average molecular weight is 326 g/mol. The first-order valence-corrected chi connectivity index (χ1v) is 7.07. The van der Waals surface area contributed by atoms with E-state index in [0.29, 0.717) is 17.1 Å². The zero-order valence-electron chi connectivity index (χ0n) is 11.0. The highest BCUT2D eigenvalue weighted by Gasteiger charge is 2.10. The quantitative estimate of drug-likeness (QED) is 0.911. The SMILES string of the molecule is CCC(NC)c1cnn(Cc2cccc(F)c2Br)c1. The third kappa shape index (κ3) is 3.22. The lowest BCUT2D eigenvalue weighted by Gasteiger charge is -2.10. The molecule has 1 atom stereocenters. The van der Waals surface area contributed by atoms with Gasteiger partial charge in [-0.1, -0.05) is 19.1 Å². The van der Waals surface area contributed by atoms with Gasteiger partial charge in [-0.25, -0.2) is 4.39 Å². The normalized spacial score (nSPS) is 12.6. The van der Waals surface area contributed by atoms with E-state index in [1.807, 2.05) is 30.2 Å². The van der Waals surface area contributed by atoms with E-state index in [1.54, 1.807) is 6.07 Å². The Morgan fingerprint density at radius 3 is 2.95 bits per heavy atom. The molecule has 5 heteroatoms. The van der Waals surface area contributed by atoms with Crippen molar-refractivity contribution in [2.45, 2.75) is 25.9 Å². The van der Waals surface area contributed by atoms with E-state index in [0.717, 1.165) is 17.5 Å². The monoisotopic (exact) mass is 325 g/mol. The first-order chi connectivity index (χ1) is 9.15. The van der Waals surface area contributed by atoms with E-state index in [9.17, 15) is 4.39 Å². The Morgan fingerprint density at radius 2 is 2.26 bits per heavy atom. The second-order valence-electron chi connectivity index (χ2n) is 4.43. The fraction of sp³-hybridized carbons (Fsp3) is 0.357. The summed E-state index contributed by atoms with van der Waals surface area (Å²) in [6, 6.07) is 5.35. The molecule has 102 valence electrons. The Hall–Kier alpha value is -1.20. The third-order valence-corrected chi connectivity index (χ3v) is 4.06. The molecule has 0 saturated carbocycles. The molecule has 0 saturated heterocycles. The second kappa shape index (κ2) is 6.30. The molecular formula is C14H17BrFN3. The number of benzene rings is 1. The molecule has 1 N–H and O–H groups in total. The predicted octanol–water partition coefficient (Wildman–Crippen LogP) is 3.50. The van der Waals surface area contributed by atoms with Crippen LogP contribution < -0.4 is 5.32 Å². The molecular weight excluding hydrogens is 309 g/mol. The summed E-state index contributed by atoms with van der Waals surface area (Å²) in [6.07, 6.45) is 4.87. The molecule has 2 rings (SSSR count). The van der Waals surface area contributed by atoms with Crippen LogP contribution in [0.2, 0.25) is 0 Å². The van der Waals surface area contributed by atoms with Crippen LogP contribution in [0.15, 0.2) is 35.1 Å². The van der Waals surface area contributed by atoms with Gasteiger partial charge in [0.15, 0.2) is 0 Å². The van der Waals surface area contributed by atoms with Crippen LogP contribution in [0.25, 0.3) is 0 Å². The standard InChI is InChI=1S/C14H17BrFN3/c1-3-13(17-2)11-7-18-19(9-11)8-10-5-4-6-12(16)14(10)15/h4-7,9,13,17H,3,8H2,1-2H3. The van der Waals surface area contributed by atoms with Crippen LogP contribution in [0.1, 0.15) is 30.5 Å². The molecule has 1 aromatic carbocycles. The Kier molecular flexibility index (Phi) is 4.71. The molecule has 1 aromatic heterocycles. The van der Waals surface area contributed by atoms with E-state index >= 15 is 0 Å². The molecule has 19 heavy (non-hydrogen) atoms. The summed E-state index contributed by atoms with van der Waals surface area (Å²) in [7, 11) is 1.94. The van der Waals surface area contributed by atoms with E-state index < -0.39 is 0 Å². The number of halogens is 2. The summed E-state index contributed by atoms with van der Waals surface area (Å²) in [5, 5.41) is 7.58. The largest absolute Gasteiger partial charge is 0.313 e. The van der Waals surface area contributed by atoms with Gasteiger partial charge in [-0.3, -0.25) is 4.68 Å². The molecule has 0 bridgehead atoms. The van der Waals surface area contributed by atoms with Gasteiger partial charge in [0, 0.05) is 17.8 Å². The van der Waals surface area contributed by atoms with Crippen molar-refractivity contribution in [2.75, 3.05) is 7.05 Å². The van der Waals surface area contributed by atoms with Crippen LogP contribution in [0.4, 0.5) is 4.39 Å². The lowest BCUT2D eigenvalue weighted by Crippen LogP contribution is -2.14. The van der Waals surface area contributed by atoms with Gasteiger partial charge in [0.05, 0.1) is 17.2 Å². The minimum absolute atomic E-state index is 0.244. The van der Waals surface area contributed by atoms with Crippen molar-refractivity contribution in [3.05, 3.63) is 52.0 Å². The Balaban J connectivity index is 2.18. The van der Waals surface area contributed by atoms with Gasteiger partial charge in [0.25, 0.3) is 0 Å². The van der Waals surface area contributed by atoms with E-state index in [1.165, 1.54) is 6.07 Å². The molecule has 0 spiro atoms. The van der Waals surface area contributed by atoms with Crippen molar-refractivity contribution in [1.29, 1.82) is 0 Å². The van der Waals surface area contributed by atoms with Gasteiger partial charge in [0.1, 0.15) is 5.82 Å². The Bertz CT molecular complexity index is 549. The summed E-state index contributed by atoms with van der Waals surface area (Å²) in [4.78, 5) is 0. The summed E-state index contributed by atoms with van der Waals surface area (Å²) in [5.74, 6) is -0.244. The molecule has 0 radical (unpaired) electrons. The Morgan fingerprint density at radius 1 is 1.47 bits per heavy atom. The maximum atomic E-state index is 13.4. The van der Waals surface area contributed by atoms with Gasteiger partial charge in [-0.05, 0) is 41.0 Å². The minimum Gasteiger partial charge on any atom is -0.313 e.